The average molecular weight is 187 g/mol. The molecule has 4 nitrogen and oxygen atoms in total. The second-order valence-corrected chi connectivity index (χ2v) is 3.35. The molecular weight excluding hydrogens is 170 g/mol. The molecule has 0 radical (unpaired) electrons. The SMILES string of the molecule is CCC1CN(C(=O)OC)CC(C)O1. The van der Waals surface area contributed by atoms with Gasteiger partial charge in [-0.15, -0.1) is 0 Å². The van der Waals surface area contributed by atoms with Crippen molar-refractivity contribution in [3.63, 3.8) is 0 Å². The fourth-order valence-electron chi connectivity index (χ4n) is 1.55. The first-order valence-corrected chi connectivity index (χ1v) is 4.65. The highest BCUT2D eigenvalue weighted by molar-refractivity contribution is 5.67. The predicted molar refractivity (Wildman–Crippen MR) is 48.6 cm³/mol. The minimum Gasteiger partial charge on any atom is -0.453 e. The van der Waals surface area contributed by atoms with Gasteiger partial charge in [-0.2, -0.15) is 0 Å². The molecule has 0 bridgehead atoms. The Hall–Kier alpha value is -0.770. The van der Waals surface area contributed by atoms with E-state index in [0.29, 0.717) is 13.1 Å². The first kappa shape index (κ1) is 10.3. The number of amides is 1. The smallest absolute Gasteiger partial charge is 0.409 e. The van der Waals surface area contributed by atoms with Crippen molar-refractivity contribution in [1.82, 2.24) is 4.90 Å². The van der Waals surface area contributed by atoms with Gasteiger partial charge >= 0.3 is 6.09 Å². The standard InChI is InChI=1S/C9H17NO3/c1-4-8-6-10(9(11)12-3)5-7(2)13-8/h7-8H,4-6H2,1-3H3. The maximum atomic E-state index is 11.2. The van der Waals surface area contributed by atoms with Gasteiger partial charge in [-0.3, -0.25) is 0 Å². The lowest BCUT2D eigenvalue weighted by Gasteiger charge is -2.35. The van der Waals surface area contributed by atoms with Gasteiger partial charge < -0.3 is 14.4 Å². The molecule has 1 heterocycles. The van der Waals surface area contributed by atoms with E-state index in [-0.39, 0.29) is 18.3 Å². The van der Waals surface area contributed by atoms with Gasteiger partial charge in [0, 0.05) is 0 Å². The monoisotopic (exact) mass is 187 g/mol. The van der Waals surface area contributed by atoms with Crippen LogP contribution >= 0.6 is 0 Å². The summed E-state index contributed by atoms with van der Waals surface area (Å²) in [4.78, 5) is 12.9. The molecule has 4 heteroatoms. The van der Waals surface area contributed by atoms with Crippen molar-refractivity contribution in [3.8, 4) is 0 Å². The van der Waals surface area contributed by atoms with Gasteiger partial charge in [0.15, 0.2) is 0 Å². The molecule has 76 valence electrons. The van der Waals surface area contributed by atoms with E-state index < -0.39 is 0 Å². The molecule has 0 aromatic rings. The van der Waals surface area contributed by atoms with Crippen molar-refractivity contribution in [2.45, 2.75) is 32.5 Å². The molecule has 1 aliphatic heterocycles. The minimum absolute atomic E-state index is 0.109. The molecule has 1 rings (SSSR count). The van der Waals surface area contributed by atoms with Crippen molar-refractivity contribution >= 4 is 6.09 Å². The molecule has 0 aromatic carbocycles. The van der Waals surface area contributed by atoms with Crippen molar-refractivity contribution < 1.29 is 14.3 Å². The number of hydrogen-bond donors (Lipinski definition) is 0. The molecule has 0 aromatic heterocycles. The van der Waals surface area contributed by atoms with Crippen LogP contribution in [0.1, 0.15) is 20.3 Å². The Kier molecular flexibility index (Phi) is 3.54. The van der Waals surface area contributed by atoms with Crippen LogP contribution in [0, 0.1) is 0 Å². The Morgan fingerprint density at radius 1 is 1.62 bits per heavy atom. The largest absolute Gasteiger partial charge is 0.453 e. The summed E-state index contributed by atoms with van der Waals surface area (Å²) < 4.78 is 10.3. The quantitative estimate of drug-likeness (QED) is 0.620. The molecule has 0 N–H and O–H groups in total. The van der Waals surface area contributed by atoms with Crippen molar-refractivity contribution in [3.05, 3.63) is 0 Å². The van der Waals surface area contributed by atoms with Crippen LogP contribution in [0.25, 0.3) is 0 Å². The highest BCUT2D eigenvalue weighted by Gasteiger charge is 2.27. The molecule has 13 heavy (non-hydrogen) atoms. The van der Waals surface area contributed by atoms with E-state index in [9.17, 15) is 4.79 Å². The second-order valence-electron chi connectivity index (χ2n) is 3.35. The van der Waals surface area contributed by atoms with Crippen LogP contribution in [0.15, 0.2) is 0 Å². The molecule has 0 saturated carbocycles. The van der Waals surface area contributed by atoms with Gasteiger partial charge in [0.25, 0.3) is 0 Å². The van der Waals surface area contributed by atoms with Gasteiger partial charge in [0.1, 0.15) is 0 Å². The fraction of sp³-hybridized carbons (Fsp3) is 0.889. The third-order valence-corrected chi connectivity index (χ3v) is 2.21. The van der Waals surface area contributed by atoms with Crippen LogP contribution in [0.5, 0.6) is 0 Å². The summed E-state index contributed by atoms with van der Waals surface area (Å²) in [6, 6.07) is 0. The zero-order chi connectivity index (χ0) is 9.84. The second kappa shape index (κ2) is 4.46. The lowest BCUT2D eigenvalue weighted by atomic mass is 10.2. The van der Waals surface area contributed by atoms with Crippen molar-refractivity contribution in [1.29, 1.82) is 0 Å². The third kappa shape index (κ3) is 2.59. The number of hydrogen-bond acceptors (Lipinski definition) is 3. The van der Waals surface area contributed by atoms with Gasteiger partial charge in [-0.25, -0.2) is 4.79 Å². The number of rotatable bonds is 1. The molecule has 0 aliphatic carbocycles. The van der Waals surface area contributed by atoms with E-state index >= 15 is 0 Å². The van der Waals surface area contributed by atoms with Crippen molar-refractivity contribution in [2.75, 3.05) is 20.2 Å². The molecule has 1 fully saturated rings. The number of methoxy groups -OCH3 is 1. The summed E-state index contributed by atoms with van der Waals surface area (Å²) in [5, 5.41) is 0. The fourth-order valence-corrected chi connectivity index (χ4v) is 1.55. The van der Waals surface area contributed by atoms with Crippen molar-refractivity contribution in [2.24, 2.45) is 0 Å². The number of ether oxygens (including phenoxy) is 2. The van der Waals surface area contributed by atoms with E-state index in [1.54, 1.807) is 4.90 Å². The molecule has 2 unspecified atom stereocenters. The van der Waals surface area contributed by atoms with Crippen LogP contribution in [0.4, 0.5) is 4.79 Å². The molecule has 1 amide bonds. The Bertz CT molecular complexity index is 184. The first-order valence-electron chi connectivity index (χ1n) is 4.65. The van der Waals surface area contributed by atoms with Crippen LogP contribution in [0.3, 0.4) is 0 Å². The summed E-state index contributed by atoms with van der Waals surface area (Å²) in [6.07, 6.45) is 0.937. The zero-order valence-electron chi connectivity index (χ0n) is 8.45. The van der Waals surface area contributed by atoms with Gasteiger partial charge in [-0.05, 0) is 13.3 Å². The lowest BCUT2D eigenvalue weighted by molar-refractivity contribution is -0.0714. The molecule has 2 atom stereocenters. The van der Waals surface area contributed by atoms with Gasteiger partial charge in [0.05, 0.1) is 32.4 Å². The van der Waals surface area contributed by atoms with E-state index in [1.165, 1.54) is 7.11 Å². The van der Waals surface area contributed by atoms with Gasteiger partial charge in [-0.1, -0.05) is 6.92 Å². The van der Waals surface area contributed by atoms with Crippen LogP contribution in [-0.2, 0) is 9.47 Å². The highest BCUT2D eigenvalue weighted by Crippen LogP contribution is 2.13. The molecule has 1 saturated heterocycles. The maximum Gasteiger partial charge on any atom is 0.409 e. The summed E-state index contributed by atoms with van der Waals surface area (Å²) in [5.41, 5.74) is 0. The Balaban J connectivity index is 2.51. The molecule has 0 spiro atoms. The Morgan fingerprint density at radius 3 is 2.85 bits per heavy atom. The summed E-state index contributed by atoms with van der Waals surface area (Å²) in [7, 11) is 1.41. The number of carbonyl (C=O) groups is 1. The van der Waals surface area contributed by atoms with Crippen LogP contribution in [-0.4, -0.2) is 43.4 Å². The summed E-state index contributed by atoms with van der Waals surface area (Å²) >= 11 is 0. The zero-order valence-corrected chi connectivity index (χ0v) is 8.45. The minimum atomic E-state index is -0.256. The average Bonchev–Trinajstić information content (AvgIpc) is 2.15. The van der Waals surface area contributed by atoms with E-state index in [1.807, 2.05) is 6.92 Å². The Morgan fingerprint density at radius 2 is 2.31 bits per heavy atom. The lowest BCUT2D eigenvalue weighted by Crippen LogP contribution is -2.48. The summed E-state index contributed by atoms with van der Waals surface area (Å²) in [6.45, 7) is 5.30. The van der Waals surface area contributed by atoms with Crippen LogP contribution < -0.4 is 0 Å². The van der Waals surface area contributed by atoms with Crippen LogP contribution in [0.2, 0.25) is 0 Å². The number of morpholine rings is 1. The normalized spacial score (nSPS) is 28.7. The molecular formula is C9H17NO3. The maximum absolute atomic E-state index is 11.2. The molecule has 1 aliphatic rings. The highest BCUT2D eigenvalue weighted by atomic mass is 16.5. The van der Waals surface area contributed by atoms with E-state index in [0.717, 1.165) is 6.42 Å². The number of carbonyl (C=O) groups excluding carboxylic acids is 1. The van der Waals surface area contributed by atoms with Gasteiger partial charge in [0.2, 0.25) is 0 Å². The third-order valence-electron chi connectivity index (χ3n) is 2.21. The first-order chi connectivity index (χ1) is 6.17. The predicted octanol–water partition coefficient (Wildman–Crippen LogP) is 1.25. The topological polar surface area (TPSA) is 38.8 Å². The van der Waals surface area contributed by atoms with E-state index in [4.69, 9.17) is 4.74 Å². The number of nitrogens with zero attached hydrogens (tertiary/aromatic N) is 1. The summed E-state index contributed by atoms with van der Waals surface area (Å²) in [5.74, 6) is 0. The Labute approximate surface area is 78.8 Å². The van der Waals surface area contributed by atoms with E-state index in [2.05, 4.69) is 11.7 Å².